The Hall–Kier alpha value is -0.160. The number of hydrogen-bond donors (Lipinski definition) is 0. The van der Waals surface area contributed by atoms with Gasteiger partial charge in [0.25, 0.3) is 0 Å². The Balaban J connectivity index is 2.99. The van der Waals surface area contributed by atoms with Gasteiger partial charge in [0.2, 0.25) is 0 Å². The van der Waals surface area contributed by atoms with Crippen LogP contribution in [0.2, 0.25) is 5.02 Å². The number of alkyl halides is 2. The van der Waals surface area contributed by atoms with Crippen molar-refractivity contribution in [1.29, 1.82) is 0 Å². The van der Waals surface area contributed by atoms with Crippen LogP contribution in [0.4, 0.5) is 0 Å². The highest BCUT2D eigenvalue weighted by Crippen LogP contribution is 2.18. The van der Waals surface area contributed by atoms with Gasteiger partial charge in [-0.2, -0.15) is 0 Å². The maximum Gasteiger partial charge on any atom is 0.0649 e. The molecular formula is C10H7BrCl2. The highest BCUT2D eigenvalue weighted by atomic mass is 79.9. The lowest BCUT2D eigenvalue weighted by Crippen LogP contribution is -1.82. The molecule has 3 heteroatoms. The monoisotopic (exact) mass is 276 g/mol. The van der Waals surface area contributed by atoms with Crippen molar-refractivity contribution in [2.75, 3.05) is 5.33 Å². The van der Waals surface area contributed by atoms with Crippen LogP contribution in [-0.4, -0.2) is 5.33 Å². The summed E-state index contributed by atoms with van der Waals surface area (Å²) in [5, 5.41) is 1.37. The first kappa shape index (κ1) is 10.9. The fourth-order valence-electron chi connectivity index (χ4n) is 0.890. The molecule has 0 aromatic heterocycles. The predicted octanol–water partition coefficient (Wildman–Crippen LogP) is 3.83. The minimum Gasteiger partial charge on any atom is -0.121 e. The minimum atomic E-state index is 0.419. The van der Waals surface area contributed by atoms with Gasteiger partial charge in [-0.05, 0) is 23.8 Å². The van der Waals surface area contributed by atoms with Crippen LogP contribution in [0.1, 0.15) is 11.1 Å². The van der Waals surface area contributed by atoms with Crippen LogP contribution in [0, 0.1) is 11.8 Å². The molecule has 68 valence electrons. The van der Waals surface area contributed by atoms with Crippen molar-refractivity contribution >= 4 is 39.1 Å². The summed E-state index contributed by atoms with van der Waals surface area (Å²) in [6.45, 7) is 0. The van der Waals surface area contributed by atoms with Crippen molar-refractivity contribution in [2.45, 2.75) is 5.88 Å². The summed E-state index contributed by atoms with van der Waals surface area (Å²) in [4.78, 5) is 0. The Morgan fingerprint density at radius 2 is 2.15 bits per heavy atom. The third-order valence-electron chi connectivity index (χ3n) is 1.49. The average molecular weight is 278 g/mol. The first-order valence-corrected chi connectivity index (χ1v) is 5.70. The molecule has 0 amide bonds. The van der Waals surface area contributed by atoms with Gasteiger partial charge in [0, 0.05) is 16.5 Å². The highest BCUT2D eigenvalue weighted by molar-refractivity contribution is 9.09. The molecule has 0 fully saturated rings. The molecule has 0 saturated heterocycles. The standard InChI is InChI=1S/C10H7BrCl2/c11-5-1-2-8-3-4-10(13)9(6-8)7-12/h3-4,6H,5,7H2. The van der Waals surface area contributed by atoms with Gasteiger partial charge in [-0.1, -0.05) is 39.4 Å². The van der Waals surface area contributed by atoms with Crippen molar-refractivity contribution in [2.24, 2.45) is 0 Å². The molecule has 0 N–H and O–H groups in total. The van der Waals surface area contributed by atoms with Gasteiger partial charge in [0.15, 0.2) is 0 Å². The second-order valence-corrected chi connectivity index (χ2v) is 3.61. The number of benzene rings is 1. The number of halogens is 3. The van der Waals surface area contributed by atoms with Crippen LogP contribution in [0.3, 0.4) is 0 Å². The highest BCUT2D eigenvalue weighted by Gasteiger charge is 1.98. The summed E-state index contributed by atoms with van der Waals surface area (Å²) in [7, 11) is 0. The minimum absolute atomic E-state index is 0.419. The zero-order valence-electron chi connectivity index (χ0n) is 6.78. The van der Waals surface area contributed by atoms with Crippen LogP contribution in [0.25, 0.3) is 0 Å². The molecule has 1 rings (SSSR count). The molecule has 0 saturated carbocycles. The molecule has 0 spiro atoms. The summed E-state index contributed by atoms with van der Waals surface area (Å²) in [6, 6.07) is 5.61. The van der Waals surface area contributed by atoms with E-state index in [1.165, 1.54) is 0 Å². The molecule has 1 aromatic rings. The lowest BCUT2D eigenvalue weighted by Gasteiger charge is -1.99. The van der Waals surface area contributed by atoms with E-state index < -0.39 is 0 Å². The molecule has 1 aromatic carbocycles. The van der Waals surface area contributed by atoms with Crippen LogP contribution in [0.15, 0.2) is 18.2 Å². The topological polar surface area (TPSA) is 0 Å². The van der Waals surface area contributed by atoms with Gasteiger partial charge >= 0.3 is 0 Å². The molecule has 0 aliphatic carbocycles. The van der Waals surface area contributed by atoms with Crippen molar-refractivity contribution in [1.82, 2.24) is 0 Å². The SMILES string of the molecule is ClCc1cc(C#CCBr)ccc1Cl. The van der Waals surface area contributed by atoms with Crippen molar-refractivity contribution in [3.8, 4) is 11.8 Å². The molecule has 0 aliphatic rings. The summed E-state index contributed by atoms with van der Waals surface area (Å²) in [6.07, 6.45) is 0. The Bertz CT molecular complexity index is 350. The molecule has 0 aliphatic heterocycles. The zero-order valence-corrected chi connectivity index (χ0v) is 9.88. The molecule has 0 atom stereocenters. The van der Waals surface area contributed by atoms with Gasteiger partial charge in [-0.3, -0.25) is 0 Å². The zero-order chi connectivity index (χ0) is 9.68. The molecule has 0 radical (unpaired) electrons. The fraction of sp³-hybridized carbons (Fsp3) is 0.200. The van der Waals surface area contributed by atoms with Gasteiger partial charge in [0.05, 0.1) is 5.33 Å². The molecule has 13 heavy (non-hydrogen) atoms. The third-order valence-corrected chi connectivity index (χ3v) is 2.43. The van der Waals surface area contributed by atoms with E-state index >= 15 is 0 Å². The first-order valence-electron chi connectivity index (χ1n) is 3.67. The van der Waals surface area contributed by atoms with Crippen LogP contribution >= 0.6 is 39.1 Å². The van der Waals surface area contributed by atoms with Crippen molar-refractivity contribution < 1.29 is 0 Å². The normalized spacial score (nSPS) is 9.15. The van der Waals surface area contributed by atoms with E-state index in [1.54, 1.807) is 0 Å². The molecule has 0 nitrogen and oxygen atoms in total. The van der Waals surface area contributed by atoms with E-state index in [2.05, 4.69) is 27.8 Å². The number of hydrogen-bond acceptors (Lipinski definition) is 0. The van der Waals surface area contributed by atoms with Crippen LogP contribution < -0.4 is 0 Å². The Morgan fingerprint density at radius 1 is 1.38 bits per heavy atom. The van der Waals surface area contributed by atoms with E-state index in [1.807, 2.05) is 18.2 Å². The number of rotatable bonds is 1. The van der Waals surface area contributed by atoms with Crippen LogP contribution in [0.5, 0.6) is 0 Å². The lowest BCUT2D eigenvalue weighted by atomic mass is 10.1. The second-order valence-electron chi connectivity index (χ2n) is 2.38. The maximum absolute atomic E-state index is 5.89. The van der Waals surface area contributed by atoms with E-state index in [0.29, 0.717) is 16.2 Å². The molecular weight excluding hydrogens is 271 g/mol. The van der Waals surface area contributed by atoms with E-state index in [0.717, 1.165) is 11.1 Å². The van der Waals surface area contributed by atoms with Crippen LogP contribution in [-0.2, 0) is 5.88 Å². The fourth-order valence-corrected chi connectivity index (χ4v) is 1.50. The largest absolute Gasteiger partial charge is 0.121 e. The van der Waals surface area contributed by atoms with Gasteiger partial charge < -0.3 is 0 Å². The van der Waals surface area contributed by atoms with Gasteiger partial charge in [0.1, 0.15) is 0 Å². The van der Waals surface area contributed by atoms with E-state index in [4.69, 9.17) is 23.2 Å². The molecule has 0 heterocycles. The summed E-state index contributed by atoms with van der Waals surface area (Å²) in [5.41, 5.74) is 1.87. The van der Waals surface area contributed by atoms with Crippen molar-refractivity contribution in [3.63, 3.8) is 0 Å². The summed E-state index contributed by atoms with van der Waals surface area (Å²) < 4.78 is 0. The summed E-state index contributed by atoms with van der Waals surface area (Å²) in [5.74, 6) is 6.32. The molecule has 0 unspecified atom stereocenters. The summed E-state index contributed by atoms with van der Waals surface area (Å²) >= 11 is 14.8. The smallest absolute Gasteiger partial charge is 0.0649 e. The third kappa shape index (κ3) is 3.23. The predicted molar refractivity (Wildman–Crippen MR) is 61.7 cm³/mol. The van der Waals surface area contributed by atoms with Gasteiger partial charge in [-0.25, -0.2) is 0 Å². The Morgan fingerprint density at radius 3 is 2.77 bits per heavy atom. The quantitative estimate of drug-likeness (QED) is 0.541. The average Bonchev–Trinajstić information content (AvgIpc) is 2.16. The molecule has 0 bridgehead atoms. The lowest BCUT2D eigenvalue weighted by molar-refractivity contribution is 1.39. The second kappa shape index (κ2) is 5.54. The van der Waals surface area contributed by atoms with E-state index in [-0.39, 0.29) is 0 Å². The maximum atomic E-state index is 5.89. The first-order chi connectivity index (χ1) is 6.27. The Labute approximate surface area is 96.4 Å². The van der Waals surface area contributed by atoms with Crippen molar-refractivity contribution in [3.05, 3.63) is 34.3 Å². The van der Waals surface area contributed by atoms with Gasteiger partial charge in [-0.15, -0.1) is 11.6 Å². The van der Waals surface area contributed by atoms with E-state index in [9.17, 15) is 0 Å². The Kier molecular flexibility index (Phi) is 4.66.